The van der Waals surface area contributed by atoms with Crippen LogP contribution < -0.4 is 0 Å². The Morgan fingerprint density at radius 1 is 0.957 bits per heavy atom. The van der Waals surface area contributed by atoms with Crippen molar-refractivity contribution in [2.45, 2.75) is 37.5 Å². The molecule has 0 heterocycles. The van der Waals surface area contributed by atoms with E-state index in [-0.39, 0.29) is 0 Å². The van der Waals surface area contributed by atoms with E-state index in [9.17, 15) is 4.21 Å². The first-order valence-corrected chi connectivity index (χ1v) is 9.80. The minimum absolute atomic E-state index is 0.331. The summed E-state index contributed by atoms with van der Waals surface area (Å²) in [6, 6.07) is 8.10. The Bertz CT molecular complexity index is 589. The third kappa shape index (κ3) is 6.54. The van der Waals surface area contributed by atoms with Crippen LogP contribution >= 0.6 is 0 Å². The fourth-order valence-corrected chi connectivity index (χ4v) is 3.58. The van der Waals surface area contributed by atoms with Gasteiger partial charge in [0.05, 0.1) is 10.8 Å². The van der Waals surface area contributed by atoms with Gasteiger partial charge < -0.3 is 0 Å². The van der Waals surface area contributed by atoms with Crippen LogP contribution in [-0.4, -0.2) is 9.96 Å². The lowest BCUT2D eigenvalue weighted by Crippen LogP contribution is -1.98. The molecule has 0 radical (unpaired) electrons. The van der Waals surface area contributed by atoms with E-state index >= 15 is 0 Å². The average Bonchev–Trinajstić information content (AvgIpc) is 2.86. The maximum atomic E-state index is 12.2. The lowest BCUT2D eigenvalue weighted by atomic mass is 10.1. The molecule has 1 aliphatic rings. The highest BCUT2D eigenvalue weighted by Gasteiger charge is 2.03. The van der Waals surface area contributed by atoms with Gasteiger partial charge in [-0.2, -0.15) is 0 Å². The number of unbranched alkanes of at least 4 members (excludes halogenated alkanes) is 3. The molecule has 1 aliphatic carbocycles. The average molecular weight is 327 g/mol. The van der Waals surface area contributed by atoms with Gasteiger partial charge in [-0.15, -0.1) is 0 Å². The first-order chi connectivity index (χ1) is 11.3. The Balaban J connectivity index is 1.87. The van der Waals surface area contributed by atoms with Crippen LogP contribution in [0, 0.1) is 5.92 Å². The summed E-state index contributed by atoms with van der Waals surface area (Å²) in [4.78, 5) is 0.942. The first-order valence-electron chi connectivity index (χ1n) is 8.48. The zero-order valence-corrected chi connectivity index (χ0v) is 14.7. The van der Waals surface area contributed by atoms with Gasteiger partial charge in [0.25, 0.3) is 0 Å². The predicted octanol–water partition coefficient (Wildman–Crippen LogP) is 5.69. The lowest BCUT2D eigenvalue weighted by Gasteiger charge is -2.03. The fraction of sp³-hybridized carbons (Fsp3) is 0.333. The summed E-state index contributed by atoms with van der Waals surface area (Å²) in [6.45, 7) is 2.19. The second kappa shape index (κ2) is 10.2. The van der Waals surface area contributed by atoms with Gasteiger partial charge in [0.2, 0.25) is 0 Å². The standard InChI is InChI=1S/C21H26OS/c1-2-3-4-9-18-23(22)21-16-14-20(15-17-21)13-12-19-10-7-5-6-8-11-19/h5-8,10-17,19H,2-4,9,18H2,1H3/b13-12+. The molecule has 1 aromatic rings. The molecular weight excluding hydrogens is 300 g/mol. The van der Waals surface area contributed by atoms with Crippen LogP contribution in [0.1, 0.15) is 38.2 Å². The van der Waals surface area contributed by atoms with Crippen molar-refractivity contribution in [3.05, 3.63) is 72.4 Å². The second-order valence-corrected chi connectivity index (χ2v) is 7.34. The fourth-order valence-electron chi connectivity index (χ4n) is 2.44. The highest BCUT2D eigenvalue weighted by molar-refractivity contribution is 7.85. The summed E-state index contributed by atoms with van der Waals surface area (Å²) in [6.07, 6.45) is 21.5. The van der Waals surface area contributed by atoms with Crippen molar-refractivity contribution in [2.75, 3.05) is 5.75 Å². The predicted molar refractivity (Wildman–Crippen MR) is 102 cm³/mol. The topological polar surface area (TPSA) is 17.1 Å². The van der Waals surface area contributed by atoms with Crippen molar-refractivity contribution in [2.24, 2.45) is 5.92 Å². The monoisotopic (exact) mass is 326 g/mol. The highest BCUT2D eigenvalue weighted by atomic mass is 32.2. The summed E-state index contributed by atoms with van der Waals surface area (Å²) in [5.41, 5.74) is 1.15. The maximum Gasteiger partial charge on any atom is 0.0529 e. The highest BCUT2D eigenvalue weighted by Crippen LogP contribution is 2.14. The molecule has 1 atom stereocenters. The van der Waals surface area contributed by atoms with Crippen LogP contribution in [0.4, 0.5) is 0 Å². The lowest BCUT2D eigenvalue weighted by molar-refractivity contribution is 0.668. The first kappa shape index (κ1) is 17.7. The van der Waals surface area contributed by atoms with Crippen LogP contribution in [0.25, 0.3) is 6.08 Å². The van der Waals surface area contributed by atoms with Gasteiger partial charge in [-0.1, -0.05) is 86.9 Å². The summed E-state index contributed by atoms with van der Waals surface area (Å²) >= 11 is 0. The molecular formula is C21H26OS. The minimum atomic E-state index is -0.860. The quantitative estimate of drug-likeness (QED) is 0.561. The van der Waals surface area contributed by atoms with E-state index in [4.69, 9.17) is 0 Å². The van der Waals surface area contributed by atoms with Crippen molar-refractivity contribution < 1.29 is 4.21 Å². The maximum absolute atomic E-state index is 12.2. The van der Waals surface area contributed by atoms with Crippen molar-refractivity contribution in [3.8, 4) is 0 Å². The third-order valence-corrected chi connectivity index (χ3v) is 5.29. The molecule has 0 spiro atoms. The van der Waals surface area contributed by atoms with Crippen molar-refractivity contribution in [1.29, 1.82) is 0 Å². The van der Waals surface area contributed by atoms with Crippen LogP contribution in [0.2, 0.25) is 0 Å². The van der Waals surface area contributed by atoms with Gasteiger partial charge in [-0.3, -0.25) is 4.21 Å². The molecule has 122 valence electrons. The Labute approximate surface area is 143 Å². The second-order valence-electron chi connectivity index (χ2n) is 5.77. The van der Waals surface area contributed by atoms with Crippen LogP contribution in [0.3, 0.4) is 0 Å². The van der Waals surface area contributed by atoms with Crippen LogP contribution in [0.5, 0.6) is 0 Å². The zero-order chi connectivity index (χ0) is 16.3. The Morgan fingerprint density at radius 2 is 1.65 bits per heavy atom. The van der Waals surface area contributed by atoms with Crippen LogP contribution in [-0.2, 0) is 10.8 Å². The molecule has 0 saturated heterocycles. The van der Waals surface area contributed by atoms with Crippen molar-refractivity contribution in [1.82, 2.24) is 0 Å². The molecule has 1 unspecified atom stereocenters. The van der Waals surface area contributed by atoms with Crippen molar-refractivity contribution in [3.63, 3.8) is 0 Å². The van der Waals surface area contributed by atoms with E-state index in [2.05, 4.69) is 55.5 Å². The van der Waals surface area contributed by atoms with Crippen LogP contribution in [0.15, 0.2) is 71.7 Å². The Kier molecular flexibility index (Phi) is 7.82. The molecule has 0 aromatic heterocycles. The molecule has 0 saturated carbocycles. The molecule has 23 heavy (non-hydrogen) atoms. The van der Waals surface area contributed by atoms with E-state index in [1.54, 1.807) is 0 Å². The van der Waals surface area contributed by atoms with E-state index < -0.39 is 10.8 Å². The molecule has 0 amide bonds. The Hall–Kier alpha value is -1.67. The molecule has 2 heteroatoms. The third-order valence-electron chi connectivity index (χ3n) is 3.84. The minimum Gasteiger partial charge on any atom is -0.254 e. The van der Waals surface area contributed by atoms with Crippen molar-refractivity contribution >= 4 is 16.9 Å². The Morgan fingerprint density at radius 3 is 2.30 bits per heavy atom. The molecule has 2 rings (SSSR count). The van der Waals surface area contributed by atoms with Gasteiger partial charge in [0.1, 0.15) is 0 Å². The molecule has 0 bridgehead atoms. The molecule has 1 aromatic carbocycles. The van der Waals surface area contributed by atoms with E-state index in [0.29, 0.717) is 5.92 Å². The number of hydrogen-bond donors (Lipinski definition) is 0. The summed E-state index contributed by atoms with van der Waals surface area (Å²) in [5, 5.41) is 0. The van der Waals surface area contributed by atoms with E-state index in [1.807, 2.05) is 24.3 Å². The number of rotatable bonds is 8. The van der Waals surface area contributed by atoms with E-state index in [0.717, 1.165) is 22.6 Å². The SMILES string of the molecule is CCCCCCS(=O)c1ccc(/C=C/C2C=CC=CC=C2)cc1. The number of hydrogen-bond acceptors (Lipinski definition) is 1. The largest absolute Gasteiger partial charge is 0.254 e. The van der Waals surface area contributed by atoms with E-state index in [1.165, 1.54) is 19.3 Å². The summed E-state index contributed by atoms with van der Waals surface area (Å²) < 4.78 is 12.2. The smallest absolute Gasteiger partial charge is 0.0529 e. The summed E-state index contributed by atoms with van der Waals surface area (Å²) in [5.74, 6) is 1.11. The normalized spacial score (nSPS) is 16.0. The van der Waals surface area contributed by atoms with Gasteiger partial charge in [0, 0.05) is 16.6 Å². The number of allylic oxidation sites excluding steroid dienone is 7. The molecule has 0 N–H and O–H groups in total. The van der Waals surface area contributed by atoms with Gasteiger partial charge in [-0.05, 0) is 24.1 Å². The molecule has 0 aliphatic heterocycles. The molecule has 0 fully saturated rings. The van der Waals surface area contributed by atoms with Gasteiger partial charge >= 0.3 is 0 Å². The molecule has 1 nitrogen and oxygen atoms in total. The number of benzene rings is 1. The van der Waals surface area contributed by atoms with Gasteiger partial charge in [0.15, 0.2) is 0 Å². The summed E-state index contributed by atoms with van der Waals surface area (Å²) in [7, 11) is -0.860. The zero-order valence-electron chi connectivity index (χ0n) is 13.9. The van der Waals surface area contributed by atoms with Gasteiger partial charge in [-0.25, -0.2) is 0 Å².